The molecule has 172 valence electrons. The lowest BCUT2D eigenvalue weighted by molar-refractivity contribution is -0.131. The minimum atomic E-state index is -4.44. The molecule has 2 N–H and O–H groups in total. The van der Waals surface area contributed by atoms with E-state index in [1.165, 1.54) is 18.2 Å². The van der Waals surface area contributed by atoms with Gasteiger partial charge in [0, 0.05) is 12.5 Å². The van der Waals surface area contributed by atoms with Gasteiger partial charge < -0.3 is 5.11 Å². The molecule has 0 saturated carbocycles. The van der Waals surface area contributed by atoms with Gasteiger partial charge in [0.25, 0.3) is 10.1 Å². The minimum Gasteiger partial charge on any atom is -0.478 e. The van der Waals surface area contributed by atoms with Gasteiger partial charge in [-0.2, -0.15) is 8.42 Å². The first kappa shape index (κ1) is 24.8. The summed E-state index contributed by atoms with van der Waals surface area (Å²) in [6.07, 6.45) is 4.61. The fourth-order valence-corrected chi connectivity index (χ4v) is 9.32. The van der Waals surface area contributed by atoms with E-state index < -0.39 is 23.3 Å². The Bertz CT molecular complexity index is 1180. The van der Waals surface area contributed by atoms with E-state index in [0.29, 0.717) is 11.7 Å². The van der Waals surface area contributed by atoms with Gasteiger partial charge in [-0.05, 0) is 42.8 Å². The number of hydrogen-bond donors (Lipinski definition) is 2. The van der Waals surface area contributed by atoms with E-state index in [1.54, 1.807) is 6.07 Å². The highest BCUT2D eigenvalue weighted by Crippen LogP contribution is 2.64. The van der Waals surface area contributed by atoms with E-state index in [9.17, 15) is 22.9 Å². The third-order valence-electron chi connectivity index (χ3n) is 5.55. The molecule has 0 amide bonds. The van der Waals surface area contributed by atoms with Gasteiger partial charge in [-0.25, -0.2) is 4.79 Å². The fourth-order valence-electron chi connectivity index (χ4n) is 4.14. The van der Waals surface area contributed by atoms with Crippen molar-refractivity contribution >= 4 is 39.3 Å². The van der Waals surface area contributed by atoms with Crippen molar-refractivity contribution in [2.45, 2.75) is 37.5 Å². The molecular weight excluding hydrogens is 455 g/mol. The molecule has 0 fully saturated rings. The Morgan fingerprint density at radius 3 is 1.88 bits per heavy atom. The van der Waals surface area contributed by atoms with Gasteiger partial charge in [0.2, 0.25) is 0 Å². The number of hydrogen-bond acceptors (Lipinski definition) is 3. The van der Waals surface area contributed by atoms with Gasteiger partial charge in [-0.15, -0.1) is 0 Å². The number of allylic oxidation sites excluding steroid dienone is 1. The molecule has 0 atom stereocenters. The molecule has 0 spiro atoms. The molecule has 3 rings (SSSR count). The first-order valence-electron chi connectivity index (χ1n) is 10.8. The van der Waals surface area contributed by atoms with Crippen LogP contribution in [0.5, 0.6) is 0 Å². The van der Waals surface area contributed by atoms with Crippen molar-refractivity contribution in [1.82, 2.24) is 0 Å². The van der Waals surface area contributed by atoms with Crippen LogP contribution in [0.4, 0.5) is 0 Å². The smallest absolute Gasteiger partial charge is 0.331 e. The zero-order valence-corrected chi connectivity index (χ0v) is 20.2. The second-order valence-electron chi connectivity index (χ2n) is 7.75. The molecule has 0 aromatic heterocycles. The summed E-state index contributed by atoms with van der Waals surface area (Å²) in [6.45, 7) is 2.09. The number of carboxylic acids is 1. The molecule has 7 heteroatoms. The first-order valence-corrected chi connectivity index (χ1v) is 14.1. The Labute approximate surface area is 195 Å². The molecule has 0 heterocycles. The number of unbranched alkanes of at least 4 members (excludes halogenated alkanes) is 2. The average molecular weight is 484 g/mol. The molecule has 3 aromatic carbocycles. The number of aliphatic carboxylic acids is 1. The number of carbonyl (C=O) groups is 1. The van der Waals surface area contributed by atoms with Crippen molar-refractivity contribution in [2.75, 3.05) is 0 Å². The Hall–Kier alpha value is -2.79. The Morgan fingerprint density at radius 2 is 1.39 bits per heavy atom. The molecule has 0 radical (unpaired) electrons. The monoisotopic (exact) mass is 483 g/mol. The maximum Gasteiger partial charge on any atom is 0.331 e. The largest absolute Gasteiger partial charge is 0.478 e. The topological polar surface area (TPSA) is 91.7 Å². The summed E-state index contributed by atoms with van der Waals surface area (Å²) in [5.74, 6) is -1.04. The lowest BCUT2D eigenvalue weighted by Gasteiger charge is -2.29. The lowest BCUT2D eigenvalue weighted by Crippen LogP contribution is -2.33. The number of carboxylic acid groups (broad SMARTS) is 1. The normalized spacial score (nSPS) is 12.5. The highest BCUT2D eigenvalue weighted by molar-refractivity contribution is 7.99. The van der Waals surface area contributed by atoms with Crippen LogP contribution in [-0.4, -0.2) is 24.0 Å². The molecule has 0 aliphatic rings. The molecule has 0 saturated heterocycles. The van der Waals surface area contributed by atoms with E-state index in [1.807, 2.05) is 66.7 Å². The number of rotatable bonds is 10. The summed E-state index contributed by atoms with van der Waals surface area (Å²) < 4.78 is 33.8. The van der Waals surface area contributed by atoms with Crippen LogP contribution in [0.1, 0.15) is 32.6 Å². The fraction of sp³-hybridized carbons (Fsp3) is 0.192. The lowest BCUT2D eigenvalue weighted by atomic mass is 10.2. The van der Waals surface area contributed by atoms with Crippen molar-refractivity contribution in [3.63, 3.8) is 0 Å². The quantitative estimate of drug-likeness (QED) is 0.188. The molecule has 0 unspecified atom stereocenters. The van der Waals surface area contributed by atoms with Gasteiger partial charge in [0.05, 0.1) is 16.3 Å². The standard InChI is InChI=1S/C26H27O5PS/c1-2-3-6-16-24(20-26(27)28)32(21-12-7-4-8-13-21,22-14-9-5-10-15-22)23-17-11-18-25(19-23)33(29,30)31/h4-5,7-15,17-20H,2-3,6,16H2,1H3,(H-,27,28,29,30,31)/p+1/b24-20+. The molecular formula is C26H28O5PS+. The summed E-state index contributed by atoms with van der Waals surface area (Å²) in [5, 5.41) is 13.1. The highest BCUT2D eigenvalue weighted by atomic mass is 32.2. The third kappa shape index (κ3) is 5.59. The van der Waals surface area contributed by atoms with Crippen molar-refractivity contribution in [1.29, 1.82) is 0 Å². The molecule has 3 aromatic rings. The van der Waals surface area contributed by atoms with E-state index in [2.05, 4.69) is 6.92 Å². The Kier molecular flexibility index (Phi) is 8.20. The zero-order valence-electron chi connectivity index (χ0n) is 18.5. The summed E-state index contributed by atoms with van der Waals surface area (Å²) in [5.41, 5.74) is 0. The van der Waals surface area contributed by atoms with Gasteiger partial charge in [0.1, 0.15) is 23.2 Å². The Morgan fingerprint density at radius 1 is 0.848 bits per heavy atom. The number of benzene rings is 3. The van der Waals surface area contributed by atoms with E-state index in [4.69, 9.17) is 0 Å². The summed E-state index contributed by atoms with van der Waals surface area (Å²) in [7, 11) is -7.19. The van der Waals surface area contributed by atoms with Gasteiger partial charge in [0.15, 0.2) is 0 Å². The first-order chi connectivity index (χ1) is 15.8. The van der Waals surface area contributed by atoms with Crippen LogP contribution in [-0.2, 0) is 14.9 Å². The molecule has 0 aliphatic carbocycles. The predicted molar refractivity (Wildman–Crippen MR) is 135 cm³/mol. The second-order valence-corrected chi connectivity index (χ2v) is 12.6. The van der Waals surface area contributed by atoms with Crippen molar-refractivity contribution in [2.24, 2.45) is 0 Å². The predicted octanol–water partition coefficient (Wildman–Crippen LogP) is 4.78. The second kappa shape index (κ2) is 10.9. The molecule has 0 bridgehead atoms. The van der Waals surface area contributed by atoms with Crippen LogP contribution < -0.4 is 15.9 Å². The zero-order chi connectivity index (χ0) is 23.9. The van der Waals surface area contributed by atoms with Crippen LogP contribution in [0.25, 0.3) is 0 Å². The third-order valence-corrected chi connectivity index (χ3v) is 10.8. The van der Waals surface area contributed by atoms with Crippen LogP contribution in [0.15, 0.2) is 101 Å². The molecule has 5 nitrogen and oxygen atoms in total. The van der Waals surface area contributed by atoms with E-state index >= 15 is 0 Å². The van der Waals surface area contributed by atoms with Crippen molar-refractivity contribution < 1.29 is 22.9 Å². The van der Waals surface area contributed by atoms with Crippen molar-refractivity contribution in [3.8, 4) is 0 Å². The SMILES string of the molecule is CCCCC/C(=C\C(=O)O)[P+](c1ccccc1)(c1ccccc1)c1cccc(S(=O)(=O)O)c1. The minimum absolute atomic E-state index is 0.209. The summed E-state index contributed by atoms with van der Waals surface area (Å²) >= 11 is 0. The molecule has 33 heavy (non-hydrogen) atoms. The average Bonchev–Trinajstić information content (AvgIpc) is 2.80. The van der Waals surface area contributed by atoms with Gasteiger partial charge in [-0.1, -0.05) is 62.2 Å². The van der Waals surface area contributed by atoms with Gasteiger partial charge in [-0.3, -0.25) is 4.55 Å². The van der Waals surface area contributed by atoms with E-state index in [-0.39, 0.29) is 4.90 Å². The van der Waals surface area contributed by atoms with Crippen LogP contribution >= 0.6 is 7.26 Å². The molecule has 0 aliphatic heterocycles. The maximum absolute atomic E-state index is 12.0. The van der Waals surface area contributed by atoms with Crippen LogP contribution in [0.2, 0.25) is 0 Å². The van der Waals surface area contributed by atoms with Crippen LogP contribution in [0.3, 0.4) is 0 Å². The van der Waals surface area contributed by atoms with Crippen molar-refractivity contribution in [3.05, 3.63) is 96.3 Å². The summed E-state index contributed by atoms with van der Waals surface area (Å²) in [4.78, 5) is 11.8. The maximum atomic E-state index is 12.0. The highest BCUT2D eigenvalue weighted by Gasteiger charge is 2.49. The Balaban J connectivity index is 2.46. The summed E-state index contributed by atoms with van der Waals surface area (Å²) in [6, 6.07) is 25.6. The van der Waals surface area contributed by atoms with Crippen LogP contribution in [0, 0.1) is 0 Å². The van der Waals surface area contributed by atoms with E-state index in [0.717, 1.165) is 35.2 Å². The van der Waals surface area contributed by atoms with Gasteiger partial charge >= 0.3 is 5.97 Å².